The highest BCUT2D eigenvalue weighted by atomic mass is 16.5. The highest BCUT2D eigenvalue weighted by molar-refractivity contribution is 5.72. The molecule has 2 aliphatic heterocycles. The van der Waals surface area contributed by atoms with E-state index in [4.69, 9.17) is 9.47 Å². The number of piperazine rings is 1. The van der Waals surface area contributed by atoms with Crippen LogP contribution in [0.2, 0.25) is 0 Å². The van der Waals surface area contributed by atoms with Crippen LogP contribution in [0.25, 0.3) is 0 Å². The normalized spacial score (nSPS) is 19.1. The van der Waals surface area contributed by atoms with E-state index in [9.17, 15) is 0 Å². The minimum atomic E-state index is -0.320. The molecule has 34 heavy (non-hydrogen) atoms. The van der Waals surface area contributed by atoms with E-state index in [1.165, 1.54) is 39.2 Å². The summed E-state index contributed by atoms with van der Waals surface area (Å²) in [6.07, 6.45) is 3.83. The van der Waals surface area contributed by atoms with Crippen molar-refractivity contribution in [3.05, 3.63) is 76.6 Å². The molecular weight excluding hydrogens is 422 g/mol. The standard InChI is InChI=1S/C29H35N3O2/c1-19-20(2)28-25(26(29(4,5)34-28)22-8-7-13-30-18-22)21(3)27(19)32-16-14-31(15-17-32)23-9-11-24(33-6)12-10-23/h7-13,18,26H,14-17H2,1-6H3. The number of rotatable bonds is 4. The zero-order valence-corrected chi connectivity index (χ0v) is 21.2. The Labute approximate surface area is 203 Å². The third kappa shape index (κ3) is 3.67. The SMILES string of the molecule is COc1ccc(N2CCN(c3c(C)c(C)c4c(c3C)C(c3cccnc3)C(C)(C)O4)CC2)cc1. The topological polar surface area (TPSA) is 37.8 Å². The monoisotopic (exact) mass is 457 g/mol. The van der Waals surface area contributed by atoms with E-state index in [2.05, 4.69) is 67.6 Å². The Balaban J connectivity index is 1.48. The van der Waals surface area contributed by atoms with Gasteiger partial charge in [0.2, 0.25) is 0 Å². The number of fused-ring (bicyclic) bond motifs is 1. The van der Waals surface area contributed by atoms with Gasteiger partial charge in [-0.05, 0) is 87.2 Å². The Kier molecular flexibility index (Phi) is 5.67. The fourth-order valence-electron chi connectivity index (χ4n) is 5.85. The van der Waals surface area contributed by atoms with Gasteiger partial charge in [-0.2, -0.15) is 0 Å². The van der Waals surface area contributed by atoms with Gasteiger partial charge in [0.05, 0.1) is 13.0 Å². The van der Waals surface area contributed by atoms with E-state index in [-0.39, 0.29) is 11.5 Å². The van der Waals surface area contributed by atoms with Crippen LogP contribution in [0.4, 0.5) is 11.4 Å². The zero-order valence-electron chi connectivity index (χ0n) is 21.2. The first-order valence-corrected chi connectivity index (χ1v) is 12.2. The molecule has 1 unspecified atom stereocenters. The number of nitrogens with zero attached hydrogens (tertiary/aromatic N) is 3. The Morgan fingerprint density at radius 1 is 0.912 bits per heavy atom. The maximum absolute atomic E-state index is 6.63. The van der Waals surface area contributed by atoms with Crippen LogP contribution in [0.3, 0.4) is 0 Å². The minimum Gasteiger partial charge on any atom is -0.497 e. The molecule has 5 nitrogen and oxygen atoms in total. The molecule has 3 aromatic rings. The number of hydrogen-bond acceptors (Lipinski definition) is 5. The van der Waals surface area contributed by atoms with E-state index < -0.39 is 0 Å². The highest BCUT2D eigenvalue weighted by Gasteiger charge is 2.45. The minimum absolute atomic E-state index is 0.162. The van der Waals surface area contributed by atoms with Gasteiger partial charge in [-0.3, -0.25) is 4.98 Å². The maximum atomic E-state index is 6.63. The lowest BCUT2D eigenvalue weighted by Gasteiger charge is -2.39. The van der Waals surface area contributed by atoms with Crippen LogP contribution in [0.5, 0.6) is 11.5 Å². The molecule has 0 spiro atoms. The van der Waals surface area contributed by atoms with Crippen molar-refractivity contribution >= 4 is 11.4 Å². The Morgan fingerprint density at radius 2 is 1.59 bits per heavy atom. The van der Waals surface area contributed by atoms with Crippen LogP contribution >= 0.6 is 0 Å². The van der Waals surface area contributed by atoms with Gasteiger partial charge in [0.15, 0.2) is 0 Å². The molecule has 178 valence electrons. The molecule has 0 saturated carbocycles. The number of methoxy groups -OCH3 is 1. The maximum Gasteiger partial charge on any atom is 0.127 e. The lowest BCUT2D eigenvalue weighted by Crippen LogP contribution is -2.47. The van der Waals surface area contributed by atoms with Gasteiger partial charge in [-0.1, -0.05) is 6.07 Å². The molecule has 1 aromatic heterocycles. The van der Waals surface area contributed by atoms with Crippen LogP contribution in [-0.4, -0.2) is 43.9 Å². The van der Waals surface area contributed by atoms with Gasteiger partial charge in [0.1, 0.15) is 17.1 Å². The van der Waals surface area contributed by atoms with E-state index in [0.717, 1.165) is 37.7 Å². The van der Waals surface area contributed by atoms with Crippen LogP contribution in [-0.2, 0) is 0 Å². The van der Waals surface area contributed by atoms with Gasteiger partial charge in [0.25, 0.3) is 0 Å². The molecule has 1 fully saturated rings. The summed E-state index contributed by atoms with van der Waals surface area (Å²) in [5.74, 6) is 2.12. The van der Waals surface area contributed by atoms with Crippen molar-refractivity contribution in [2.24, 2.45) is 0 Å². The van der Waals surface area contributed by atoms with Crippen LogP contribution in [0.15, 0.2) is 48.8 Å². The van der Waals surface area contributed by atoms with Gasteiger partial charge < -0.3 is 19.3 Å². The predicted molar refractivity (Wildman–Crippen MR) is 139 cm³/mol. The average Bonchev–Trinajstić information content (AvgIpc) is 3.15. The smallest absolute Gasteiger partial charge is 0.127 e. The van der Waals surface area contributed by atoms with Crippen molar-refractivity contribution in [1.82, 2.24) is 4.98 Å². The molecule has 0 N–H and O–H groups in total. The molecule has 2 aromatic carbocycles. The third-order valence-corrected chi connectivity index (χ3v) is 7.66. The molecule has 1 atom stereocenters. The second-order valence-electron chi connectivity index (χ2n) is 10.1. The van der Waals surface area contributed by atoms with Crippen LogP contribution < -0.4 is 19.3 Å². The largest absolute Gasteiger partial charge is 0.497 e. The number of benzene rings is 2. The summed E-state index contributed by atoms with van der Waals surface area (Å²) in [7, 11) is 1.71. The average molecular weight is 458 g/mol. The molecule has 0 bridgehead atoms. The van der Waals surface area contributed by atoms with Crippen molar-refractivity contribution in [2.45, 2.75) is 46.1 Å². The summed E-state index contributed by atoms with van der Waals surface area (Å²) in [5, 5.41) is 0. The quantitative estimate of drug-likeness (QED) is 0.506. The summed E-state index contributed by atoms with van der Waals surface area (Å²) >= 11 is 0. The lowest BCUT2D eigenvalue weighted by atomic mass is 9.79. The summed E-state index contributed by atoms with van der Waals surface area (Å²) < 4.78 is 11.9. The molecule has 3 heterocycles. The fourth-order valence-corrected chi connectivity index (χ4v) is 5.85. The second kappa shape index (κ2) is 8.53. The van der Waals surface area contributed by atoms with Crippen LogP contribution in [0, 0.1) is 20.8 Å². The van der Waals surface area contributed by atoms with Crippen molar-refractivity contribution in [1.29, 1.82) is 0 Å². The predicted octanol–water partition coefficient (Wildman–Crippen LogP) is 5.64. The summed E-state index contributed by atoms with van der Waals surface area (Å²) in [5.41, 5.74) is 8.78. The Hall–Kier alpha value is -3.21. The highest BCUT2D eigenvalue weighted by Crippen LogP contribution is 2.54. The van der Waals surface area contributed by atoms with E-state index in [0.29, 0.717) is 0 Å². The van der Waals surface area contributed by atoms with Crippen molar-refractivity contribution in [3.8, 4) is 11.5 Å². The fraction of sp³-hybridized carbons (Fsp3) is 0.414. The van der Waals surface area contributed by atoms with Gasteiger partial charge >= 0.3 is 0 Å². The molecule has 0 aliphatic carbocycles. The van der Waals surface area contributed by atoms with Gasteiger partial charge in [0, 0.05) is 55.5 Å². The van der Waals surface area contributed by atoms with E-state index in [1.807, 2.05) is 30.6 Å². The molecule has 1 saturated heterocycles. The first-order valence-electron chi connectivity index (χ1n) is 12.2. The summed E-state index contributed by atoms with van der Waals surface area (Å²) in [6, 6.07) is 12.6. The summed E-state index contributed by atoms with van der Waals surface area (Å²) in [4.78, 5) is 9.46. The molecule has 5 heteroatoms. The molecule has 0 amide bonds. The van der Waals surface area contributed by atoms with Gasteiger partial charge in [-0.15, -0.1) is 0 Å². The van der Waals surface area contributed by atoms with Crippen molar-refractivity contribution < 1.29 is 9.47 Å². The van der Waals surface area contributed by atoms with Crippen LogP contribution in [0.1, 0.15) is 47.6 Å². The number of anilines is 2. The molecular formula is C29H35N3O2. The molecule has 5 rings (SSSR count). The Bertz CT molecular complexity index is 1180. The number of ether oxygens (including phenoxy) is 2. The number of pyridine rings is 1. The zero-order chi connectivity index (χ0) is 24.0. The second-order valence-corrected chi connectivity index (χ2v) is 10.1. The lowest BCUT2D eigenvalue weighted by molar-refractivity contribution is 0.121. The van der Waals surface area contributed by atoms with E-state index in [1.54, 1.807) is 7.11 Å². The first kappa shape index (κ1) is 22.6. The van der Waals surface area contributed by atoms with E-state index >= 15 is 0 Å². The number of hydrogen-bond donors (Lipinski definition) is 0. The summed E-state index contributed by atoms with van der Waals surface area (Å²) in [6.45, 7) is 15.1. The first-order chi connectivity index (χ1) is 16.3. The third-order valence-electron chi connectivity index (χ3n) is 7.66. The van der Waals surface area contributed by atoms with Crippen molar-refractivity contribution in [3.63, 3.8) is 0 Å². The Morgan fingerprint density at radius 3 is 2.21 bits per heavy atom. The van der Waals surface area contributed by atoms with Crippen molar-refractivity contribution in [2.75, 3.05) is 43.1 Å². The number of aromatic nitrogens is 1. The molecule has 0 radical (unpaired) electrons. The van der Waals surface area contributed by atoms with Gasteiger partial charge in [-0.25, -0.2) is 0 Å². The molecule has 2 aliphatic rings.